The SMILES string of the molecule is c1ccc(-c2cc(-c3ccc(-c4ccncc4)cc3)nc(-c3ccc4c(c3)C3(c5ccccc5-c5ccccc5-4)c4ccccc4-c4ccccc43)n2)cc1. The van der Waals surface area contributed by atoms with E-state index in [-0.39, 0.29) is 0 Å². The van der Waals surface area contributed by atoms with Crippen molar-refractivity contribution in [3.05, 3.63) is 223 Å². The maximum atomic E-state index is 5.35. The largest absolute Gasteiger partial charge is 0.265 e. The van der Waals surface area contributed by atoms with Crippen LogP contribution in [0.25, 0.3) is 78.4 Å². The average molecular weight is 700 g/mol. The van der Waals surface area contributed by atoms with Gasteiger partial charge in [0.2, 0.25) is 0 Å². The molecular formula is C52H33N3. The highest BCUT2D eigenvalue weighted by Crippen LogP contribution is 2.61. The lowest BCUT2D eigenvalue weighted by Crippen LogP contribution is -2.29. The zero-order chi connectivity index (χ0) is 36.3. The second-order valence-corrected chi connectivity index (χ2v) is 14.3. The van der Waals surface area contributed by atoms with Crippen LogP contribution in [0.4, 0.5) is 0 Å². The van der Waals surface area contributed by atoms with Crippen molar-refractivity contribution in [1.82, 2.24) is 15.0 Å². The average Bonchev–Trinajstić information content (AvgIpc) is 3.52. The molecule has 2 aliphatic carbocycles. The van der Waals surface area contributed by atoms with Crippen LogP contribution in [0, 0.1) is 0 Å². The Hall–Kier alpha value is -7.23. The lowest BCUT2D eigenvalue weighted by Gasteiger charge is -2.35. The summed E-state index contributed by atoms with van der Waals surface area (Å²) < 4.78 is 0. The highest BCUT2D eigenvalue weighted by molar-refractivity contribution is 5.97. The summed E-state index contributed by atoms with van der Waals surface area (Å²) in [5.41, 5.74) is 19.1. The van der Waals surface area contributed by atoms with Gasteiger partial charge in [0.05, 0.1) is 16.8 Å². The van der Waals surface area contributed by atoms with Gasteiger partial charge in [-0.25, -0.2) is 9.97 Å². The smallest absolute Gasteiger partial charge is 0.160 e. The Morgan fingerprint density at radius 1 is 0.291 bits per heavy atom. The van der Waals surface area contributed by atoms with Gasteiger partial charge in [0.25, 0.3) is 0 Å². The van der Waals surface area contributed by atoms with Crippen molar-refractivity contribution in [2.75, 3.05) is 0 Å². The number of nitrogens with zero attached hydrogens (tertiary/aromatic N) is 3. The zero-order valence-corrected chi connectivity index (χ0v) is 29.9. The summed E-state index contributed by atoms with van der Waals surface area (Å²) in [4.78, 5) is 14.9. The Kier molecular flexibility index (Phi) is 7.08. The van der Waals surface area contributed by atoms with Gasteiger partial charge in [0.1, 0.15) is 0 Å². The third-order valence-corrected chi connectivity index (χ3v) is 11.5. The van der Waals surface area contributed by atoms with E-state index in [0.29, 0.717) is 5.82 Å². The number of hydrogen-bond acceptors (Lipinski definition) is 3. The Bertz CT molecular complexity index is 2870. The normalized spacial score (nSPS) is 12.9. The van der Waals surface area contributed by atoms with Crippen LogP contribution in [0.3, 0.4) is 0 Å². The van der Waals surface area contributed by atoms with Gasteiger partial charge in [-0.05, 0) is 91.0 Å². The highest BCUT2D eigenvalue weighted by Gasteiger charge is 2.49. The van der Waals surface area contributed by atoms with E-state index >= 15 is 0 Å². The summed E-state index contributed by atoms with van der Waals surface area (Å²) in [7, 11) is 0. The molecule has 0 amide bonds. The first-order valence-corrected chi connectivity index (χ1v) is 18.8. The lowest BCUT2D eigenvalue weighted by molar-refractivity contribution is 0.775. The molecule has 0 N–H and O–H groups in total. The van der Waals surface area contributed by atoms with E-state index < -0.39 is 5.41 Å². The lowest BCUT2D eigenvalue weighted by atomic mass is 9.65. The fourth-order valence-corrected chi connectivity index (χ4v) is 9.05. The summed E-state index contributed by atoms with van der Waals surface area (Å²) in [5, 5.41) is 0. The van der Waals surface area contributed by atoms with Crippen molar-refractivity contribution >= 4 is 0 Å². The molecule has 0 fully saturated rings. The van der Waals surface area contributed by atoms with Gasteiger partial charge in [-0.3, -0.25) is 4.98 Å². The van der Waals surface area contributed by atoms with Crippen LogP contribution < -0.4 is 0 Å². The molecule has 0 radical (unpaired) electrons. The molecular weight excluding hydrogens is 667 g/mol. The first-order valence-electron chi connectivity index (χ1n) is 18.8. The van der Waals surface area contributed by atoms with Crippen molar-refractivity contribution in [2.45, 2.75) is 5.41 Å². The van der Waals surface area contributed by atoms with Crippen molar-refractivity contribution in [2.24, 2.45) is 0 Å². The van der Waals surface area contributed by atoms with Crippen LogP contribution in [0.15, 0.2) is 200 Å². The molecule has 0 aliphatic heterocycles. The number of aromatic nitrogens is 3. The van der Waals surface area contributed by atoms with E-state index in [2.05, 4.69) is 175 Å². The predicted molar refractivity (Wildman–Crippen MR) is 223 cm³/mol. The molecule has 0 bridgehead atoms. The summed E-state index contributed by atoms with van der Waals surface area (Å²) >= 11 is 0. The fraction of sp³-hybridized carbons (Fsp3) is 0.0192. The van der Waals surface area contributed by atoms with Crippen molar-refractivity contribution in [1.29, 1.82) is 0 Å². The molecule has 256 valence electrons. The molecule has 3 nitrogen and oxygen atoms in total. The number of pyridine rings is 1. The fourth-order valence-electron chi connectivity index (χ4n) is 9.05. The molecule has 1 spiro atoms. The molecule has 55 heavy (non-hydrogen) atoms. The van der Waals surface area contributed by atoms with E-state index in [0.717, 1.165) is 39.2 Å². The highest BCUT2D eigenvalue weighted by atomic mass is 14.9. The first-order chi connectivity index (χ1) is 27.3. The van der Waals surface area contributed by atoms with Crippen LogP contribution in [0.2, 0.25) is 0 Å². The molecule has 2 heterocycles. The second kappa shape index (κ2) is 12.4. The molecule has 0 atom stereocenters. The molecule has 11 rings (SSSR count). The second-order valence-electron chi connectivity index (χ2n) is 14.3. The van der Waals surface area contributed by atoms with E-state index in [4.69, 9.17) is 9.97 Å². The van der Waals surface area contributed by atoms with E-state index in [1.54, 1.807) is 0 Å². The molecule has 2 aliphatic rings. The maximum absolute atomic E-state index is 5.35. The van der Waals surface area contributed by atoms with Gasteiger partial charge in [-0.1, -0.05) is 164 Å². The van der Waals surface area contributed by atoms with E-state index in [1.165, 1.54) is 55.6 Å². The number of hydrogen-bond donors (Lipinski definition) is 0. The maximum Gasteiger partial charge on any atom is 0.160 e. The van der Waals surface area contributed by atoms with Gasteiger partial charge in [0, 0.05) is 29.1 Å². The number of benzene rings is 7. The van der Waals surface area contributed by atoms with Gasteiger partial charge in [0.15, 0.2) is 5.82 Å². The molecule has 0 saturated carbocycles. The topological polar surface area (TPSA) is 38.7 Å². The van der Waals surface area contributed by atoms with Crippen LogP contribution in [0.5, 0.6) is 0 Å². The van der Waals surface area contributed by atoms with Crippen LogP contribution in [-0.4, -0.2) is 15.0 Å². The Balaban J connectivity index is 1.18. The Labute approximate surface area is 320 Å². The van der Waals surface area contributed by atoms with Gasteiger partial charge in [-0.15, -0.1) is 0 Å². The van der Waals surface area contributed by atoms with Crippen molar-refractivity contribution < 1.29 is 0 Å². The minimum atomic E-state index is -0.573. The third kappa shape index (κ3) is 4.80. The first kappa shape index (κ1) is 31.3. The standard InChI is InChI=1S/C52H33N3/c1-2-12-36(13-3-1)49-33-50(37-24-22-34(23-25-37)35-28-30-53-31-29-35)55-51(54-49)38-26-27-44-40-15-5-4-14-39(40)41-16-6-9-19-45(41)52(48(44)32-38)46-20-10-7-17-42(46)43-18-8-11-21-47(43)52/h1-33H. The van der Waals surface area contributed by atoms with Crippen molar-refractivity contribution in [3.63, 3.8) is 0 Å². The zero-order valence-electron chi connectivity index (χ0n) is 29.9. The predicted octanol–water partition coefficient (Wildman–Crippen LogP) is 12.6. The van der Waals surface area contributed by atoms with Crippen LogP contribution in [-0.2, 0) is 5.41 Å². The Morgan fingerprint density at radius 2 is 0.709 bits per heavy atom. The number of fused-ring (bicyclic) bond motifs is 12. The van der Waals surface area contributed by atoms with Gasteiger partial charge in [-0.2, -0.15) is 0 Å². The quantitative estimate of drug-likeness (QED) is 0.184. The molecule has 0 unspecified atom stereocenters. The van der Waals surface area contributed by atoms with Crippen molar-refractivity contribution in [3.8, 4) is 78.4 Å². The number of rotatable bonds is 4. The molecule has 3 heteroatoms. The summed E-state index contributed by atoms with van der Waals surface area (Å²) in [6.07, 6.45) is 3.66. The summed E-state index contributed by atoms with van der Waals surface area (Å²) in [6, 6.07) is 67.9. The van der Waals surface area contributed by atoms with E-state index in [1.807, 2.05) is 30.6 Å². The molecule has 9 aromatic rings. The molecule has 2 aromatic heterocycles. The minimum absolute atomic E-state index is 0.573. The summed E-state index contributed by atoms with van der Waals surface area (Å²) in [5.74, 6) is 0.692. The van der Waals surface area contributed by atoms with Gasteiger partial charge >= 0.3 is 0 Å². The van der Waals surface area contributed by atoms with E-state index in [9.17, 15) is 0 Å². The summed E-state index contributed by atoms with van der Waals surface area (Å²) in [6.45, 7) is 0. The molecule has 7 aromatic carbocycles. The molecule has 0 saturated heterocycles. The minimum Gasteiger partial charge on any atom is -0.265 e. The van der Waals surface area contributed by atoms with Crippen LogP contribution >= 0.6 is 0 Å². The van der Waals surface area contributed by atoms with Gasteiger partial charge < -0.3 is 0 Å². The third-order valence-electron chi connectivity index (χ3n) is 11.5. The Morgan fingerprint density at radius 3 is 1.29 bits per heavy atom. The van der Waals surface area contributed by atoms with Crippen LogP contribution in [0.1, 0.15) is 22.3 Å². The monoisotopic (exact) mass is 699 g/mol.